The fourth-order valence-corrected chi connectivity index (χ4v) is 2.78. The lowest BCUT2D eigenvalue weighted by molar-refractivity contribution is 0.0927. The van der Waals surface area contributed by atoms with Gasteiger partial charge in [-0.2, -0.15) is 14.6 Å². The Bertz CT molecular complexity index is 1010. The SMILES string of the molecule is O=C(NCCc1ccccn1)c1oc2ncnn2c1Cc1ccccc1. The summed E-state index contributed by atoms with van der Waals surface area (Å²) >= 11 is 0. The minimum Gasteiger partial charge on any atom is -0.416 e. The van der Waals surface area contributed by atoms with Crippen molar-refractivity contribution in [1.82, 2.24) is 24.9 Å². The highest BCUT2D eigenvalue weighted by atomic mass is 16.4. The number of carbonyl (C=O) groups is 1. The number of oxazole rings is 1. The van der Waals surface area contributed by atoms with Crippen LogP contribution in [-0.4, -0.2) is 32.0 Å². The van der Waals surface area contributed by atoms with E-state index in [-0.39, 0.29) is 11.7 Å². The van der Waals surface area contributed by atoms with Gasteiger partial charge in [-0.3, -0.25) is 9.78 Å². The molecule has 3 aromatic heterocycles. The average Bonchev–Trinajstić information content (AvgIpc) is 3.26. The Kier molecular flexibility index (Phi) is 4.42. The smallest absolute Gasteiger partial charge is 0.325 e. The van der Waals surface area contributed by atoms with E-state index in [1.165, 1.54) is 6.33 Å². The van der Waals surface area contributed by atoms with E-state index in [0.29, 0.717) is 30.9 Å². The standard InChI is InChI=1S/C19H17N5O2/c25-18(21-11-9-15-8-4-5-10-20-15)17-16(12-14-6-2-1-3-7-14)24-19(26-17)22-13-23-24/h1-8,10,13H,9,11-12H2,(H,21,25). The van der Waals surface area contributed by atoms with Gasteiger partial charge in [-0.25, -0.2) is 0 Å². The average molecular weight is 347 g/mol. The Morgan fingerprint density at radius 2 is 1.92 bits per heavy atom. The number of amides is 1. The lowest BCUT2D eigenvalue weighted by Crippen LogP contribution is -2.26. The maximum atomic E-state index is 12.6. The monoisotopic (exact) mass is 347 g/mol. The van der Waals surface area contributed by atoms with Gasteiger partial charge in [-0.1, -0.05) is 36.4 Å². The zero-order valence-corrected chi connectivity index (χ0v) is 14.0. The minimum atomic E-state index is -0.279. The van der Waals surface area contributed by atoms with Gasteiger partial charge < -0.3 is 9.73 Å². The second kappa shape index (κ2) is 7.18. The molecular formula is C19H17N5O2. The first-order valence-corrected chi connectivity index (χ1v) is 8.34. The number of pyridine rings is 1. The van der Waals surface area contributed by atoms with Gasteiger partial charge in [0.25, 0.3) is 5.91 Å². The molecule has 0 atom stereocenters. The molecule has 0 saturated carbocycles. The van der Waals surface area contributed by atoms with Gasteiger partial charge in [0.05, 0.1) is 0 Å². The topological polar surface area (TPSA) is 85.3 Å². The molecule has 1 aromatic carbocycles. The van der Waals surface area contributed by atoms with E-state index >= 15 is 0 Å². The Morgan fingerprint density at radius 1 is 1.08 bits per heavy atom. The number of aromatic nitrogens is 4. The molecule has 26 heavy (non-hydrogen) atoms. The van der Waals surface area contributed by atoms with Crippen LogP contribution in [0.3, 0.4) is 0 Å². The van der Waals surface area contributed by atoms with Crippen molar-refractivity contribution in [3.05, 3.63) is 83.8 Å². The van der Waals surface area contributed by atoms with Crippen LogP contribution in [0.25, 0.3) is 5.84 Å². The molecule has 0 aliphatic carbocycles. The molecule has 1 N–H and O–H groups in total. The summed E-state index contributed by atoms with van der Waals surface area (Å²) < 4.78 is 7.21. The summed E-state index contributed by atoms with van der Waals surface area (Å²) in [6, 6.07) is 15.6. The van der Waals surface area contributed by atoms with Crippen LogP contribution in [0.2, 0.25) is 0 Å². The highest BCUT2D eigenvalue weighted by Gasteiger charge is 2.22. The van der Waals surface area contributed by atoms with Gasteiger partial charge in [0.1, 0.15) is 12.0 Å². The quantitative estimate of drug-likeness (QED) is 0.578. The second-order valence-corrected chi connectivity index (χ2v) is 5.82. The lowest BCUT2D eigenvalue weighted by atomic mass is 10.1. The van der Waals surface area contributed by atoms with Gasteiger partial charge in [0.15, 0.2) is 0 Å². The summed E-state index contributed by atoms with van der Waals surface area (Å²) in [6.45, 7) is 0.469. The van der Waals surface area contributed by atoms with Crippen LogP contribution in [0.1, 0.15) is 27.5 Å². The van der Waals surface area contributed by atoms with E-state index < -0.39 is 0 Å². The number of benzene rings is 1. The molecule has 7 nitrogen and oxygen atoms in total. The van der Waals surface area contributed by atoms with Gasteiger partial charge >= 0.3 is 5.84 Å². The molecular weight excluding hydrogens is 330 g/mol. The molecule has 0 bridgehead atoms. The van der Waals surface area contributed by atoms with E-state index in [1.807, 2.05) is 48.5 Å². The van der Waals surface area contributed by atoms with Crippen molar-refractivity contribution in [3.63, 3.8) is 0 Å². The van der Waals surface area contributed by atoms with Gasteiger partial charge in [-0.05, 0) is 17.7 Å². The summed E-state index contributed by atoms with van der Waals surface area (Å²) in [5, 5.41) is 7.05. The highest BCUT2D eigenvalue weighted by molar-refractivity contribution is 5.93. The van der Waals surface area contributed by atoms with E-state index in [4.69, 9.17) is 4.42 Å². The number of rotatable bonds is 6. The van der Waals surface area contributed by atoms with Crippen molar-refractivity contribution in [2.24, 2.45) is 0 Å². The summed E-state index contributed by atoms with van der Waals surface area (Å²) in [4.78, 5) is 20.9. The minimum absolute atomic E-state index is 0.241. The molecule has 1 amide bonds. The summed E-state index contributed by atoms with van der Waals surface area (Å²) in [6.07, 6.45) is 4.33. The lowest BCUT2D eigenvalue weighted by Gasteiger charge is -2.05. The normalized spacial score (nSPS) is 10.9. The fraction of sp³-hybridized carbons (Fsp3) is 0.158. The van der Waals surface area contributed by atoms with E-state index in [9.17, 15) is 4.79 Å². The third-order valence-corrected chi connectivity index (χ3v) is 4.04. The summed E-state index contributed by atoms with van der Waals surface area (Å²) in [7, 11) is 0. The predicted octanol–water partition coefficient (Wildman–Crippen LogP) is 2.28. The zero-order chi connectivity index (χ0) is 17.8. The summed E-state index contributed by atoms with van der Waals surface area (Å²) in [5.74, 6) is 0.274. The van der Waals surface area contributed by atoms with Crippen LogP contribution in [0.4, 0.5) is 0 Å². The number of carbonyl (C=O) groups excluding carboxylic acids is 1. The molecule has 7 heteroatoms. The Hall–Kier alpha value is -3.48. The molecule has 3 heterocycles. The molecule has 0 saturated heterocycles. The number of nitrogens with one attached hydrogen (secondary N) is 1. The van der Waals surface area contributed by atoms with Crippen LogP contribution in [0.15, 0.2) is 65.5 Å². The van der Waals surface area contributed by atoms with Crippen LogP contribution in [0.5, 0.6) is 0 Å². The third kappa shape index (κ3) is 3.32. The third-order valence-electron chi connectivity index (χ3n) is 4.04. The Morgan fingerprint density at radius 3 is 2.73 bits per heavy atom. The molecule has 0 unspecified atom stereocenters. The van der Waals surface area contributed by atoms with Crippen molar-refractivity contribution in [2.75, 3.05) is 6.54 Å². The zero-order valence-electron chi connectivity index (χ0n) is 14.0. The van der Waals surface area contributed by atoms with Crippen LogP contribution in [-0.2, 0) is 12.8 Å². The van der Waals surface area contributed by atoms with Crippen LogP contribution >= 0.6 is 0 Å². The first-order chi connectivity index (χ1) is 12.8. The van der Waals surface area contributed by atoms with E-state index in [2.05, 4.69) is 20.4 Å². The number of hydrogen-bond acceptors (Lipinski definition) is 5. The first kappa shape index (κ1) is 16.0. The maximum absolute atomic E-state index is 12.6. The maximum Gasteiger partial charge on any atom is 0.325 e. The molecule has 4 rings (SSSR count). The number of hydrogen-bond donors (Lipinski definition) is 1. The molecule has 0 radical (unpaired) electrons. The molecule has 0 fully saturated rings. The van der Waals surface area contributed by atoms with Gasteiger partial charge in [-0.15, -0.1) is 0 Å². The highest BCUT2D eigenvalue weighted by Crippen LogP contribution is 2.18. The fourth-order valence-electron chi connectivity index (χ4n) is 2.78. The Labute approximate surface area is 149 Å². The molecule has 130 valence electrons. The number of nitrogens with zero attached hydrogens (tertiary/aromatic N) is 4. The van der Waals surface area contributed by atoms with Crippen molar-refractivity contribution < 1.29 is 9.21 Å². The van der Waals surface area contributed by atoms with Crippen molar-refractivity contribution in [2.45, 2.75) is 12.8 Å². The molecule has 0 aliphatic heterocycles. The summed E-state index contributed by atoms with van der Waals surface area (Å²) in [5.41, 5.74) is 2.67. The second-order valence-electron chi connectivity index (χ2n) is 5.82. The van der Waals surface area contributed by atoms with Crippen LogP contribution < -0.4 is 5.32 Å². The number of fused-ring (bicyclic) bond motifs is 1. The van der Waals surface area contributed by atoms with Crippen LogP contribution in [0, 0.1) is 0 Å². The van der Waals surface area contributed by atoms with Crippen molar-refractivity contribution >= 4 is 11.8 Å². The van der Waals surface area contributed by atoms with Gasteiger partial charge in [0.2, 0.25) is 5.76 Å². The molecule has 4 aromatic rings. The predicted molar refractivity (Wildman–Crippen MR) is 94.8 cm³/mol. The van der Waals surface area contributed by atoms with Crippen molar-refractivity contribution in [3.8, 4) is 0 Å². The van der Waals surface area contributed by atoms with Crippen molar-refractivity contribution in [1.29, 1.82) is 0 Å². The largest absolute Gasteiger partial charge is 0.416 e. The van der Waals surface area contributed by atoms with E-state index in [0.717, 1.165) is 11.3 Å². The first-order valence-electron chi connectivity index (χ1n) is 8.34. The Balaban J connectivity index is 1.52. The molecule has 0 aliphatic rings. The van der Waals surface area contributed by atoms with E-state index in [1.54, 1.807) is 10.7 Å². The molecule has 0 spiro atoms. The van der Waals surface area contributed by atoms with Gasteiger partial charge in [0, 0.05) is 31.3 Å².